The Morgan fingerprint density at radius 1 is 1.05 bits per heavy atom. The molecule has 0 aliphatic carbocycles. The molecule has 9 nitrogen and oxygen atoms in total. The molecule has 37 heavy (non-hydrogen) atoms. The Bertz CT molecular complexity index is 1430. The van der Waals surface area contributed by atoms with Crippen molar-refractivity contribution in [3.05, 3.63) is 94.5 Å². The molecule has 4 rings (SSSR count). The predicted octanol–water partition coefficient (Wildman–Crippen LogP) is 3.52. The van der Waals surface area contributed by atoms with Crippen LogP contribution in [0.5, 0.6) is 0 Å². The van der Waals surface area contributed by atoms with Crippen LogP contribution >= 0.6 is 23.2 Å². The van der Waals surface area contributed by atoms with Crippen molar-refractivity contribution < 1.29 is 18.3 Å². The minimum absolute atomic E-state index is 0.0722. The number of aliphatic hydroxyl groups excluding tert-OH is 1. The van der Waals surface area contributed by atoms with E-state index in [-0.39, 0.29) is 28.9 Å². The number of benzene rings is 3. The largest absolute Gasteiger partial charge is 0.394 e. The Kier molecular flexibility index (Phi) is 8.13. The molecular weight excluding hydrogens is 537 g/mol. The predicted molar refractivity (Wildman–Crippen MR) is 144 cm³/mol. The van der Waals surface area contributed by atoms with Gasteiger partial charge in [0.2, 0.25) is 5.91 Å². The molecule has 4 N–H and O–H groups in total. The van der Waals surface area contributed by atoms with Gasteiger partial charge in [-0.3, -0.25) is 19.5 Å². The van der Waals surface area contributed by atoms with Crippen molar-refractivity contribution in [1.29, 1.82) is 0 Å². The van der Waals surface area contributed by atoms with Gasteiger partial charge in [0.15, 0.2) is 11.9 Å². The minimum Gasteiger partial charge on any atom is -0.394 e. The summed E-state index contributed by atoms with van der Waals surface area (Å²) in [5.41, 5.74) is 7.26. The summed E-state index contributed by atoms with van der Waals surface area (Å²) < 4.78 is 28.8. The summed E-state index contributed by atoms with van der Waals surface area (Å²) in [6.45, 7) is -0.711. The number of aliphatic hydroxyl groups is 1. The van der Waals surface area contributed by atoms with Gasteiger partial charge in [0.05, 0.1) is 23.2 Å². The zero-order chi connectivity index (χ0) is 26.6. The number of hydrazone groups is 1. The third-order valence-electron chi connectivity index (χ3n) is 5.60. The van der Waals surface area contributed by atoms with E-state index >= 15 is 0 Å². The van der Waals surface area contributed by atoms with Crippen LogP contribution < -0.4 is 15.5 Å². The van der Waals surface area contributed by atoms with E-state index in [0.29, 0.717) is 15.7 Å². The molecule has 0 radical (unpaired) electrons. The highest BCUT2D eigenvalue weighted by atomic mass is 35.5. The number of carbonyl (C=O) groups excluding carboxylic acids is 1. The number of aliphatic imine (C=N–C) groups is 1. The summed E-state index contributed by atoms with van der Waals surface area (Å²) in [5, 5.41) is 17.0. The number of amidine groups is 1. The van der Waals surface area contributed by atoms with E-state index in [0.717, 1.165) is 5.56 Å². The first kappa shape index (κ1) is 26.6. The molecule has 3 aromatic rings. The quantitative estimate of drug-likeness (QED) is 0.286. The van der Waals surface area contributed by atoms with E-state index in [1.165, 1.54) is 24.3 Å². The molecular formula is C25H23Cl2N5O4S. The van der Waals surface area contributed by atoms with E-state index in [9.17, 15) is 18.3 Å². The van der Waals surface area contributed by atoms with Crippen LogP contribution in [-0.4, -0.2) is 43.6 Å². The summed E-state index contributed by atoms with van der Waals surface area (Å²) in [6.07, 6.45) is 0.242. The van der Waals surface area contributed by atoms with Gasteiger partial charge in [-0.2, -0.15) is 5.10 Å². The highest BCUT2D eigenvalue weighted by Gasteiger charge is 2.34. The van der Waals surface area contributed by atoms with Crippen LogP contribution in [0.15, 0.2) is 93.9 Å². The van der Waals surface area contributed by atoms with Crippen LogP contribution in [0, 0.1) is 0 Å². The monoisotopic (exact) mass is 559 g/mol. The number of amides is 1. The first-order valence-corrected chi connectivity index (χ1v) is 13.4. The topological polar surface area (TPSA) is 137 Å². The number of hydrogen-bond donors (Lipinski definition) is 3. The molecule has 1 aliphatic heterocycles. The molecule has 0 fully saturated rings. The van der Waals surface area contributed by atoms with E-state index in [4.69, 9.17) is 28.9 Å². The number of nitrogens with two attached hydrogens (primary N) is 1. The summed E-state index contributed by atoms with van der Waals surface area (Å²) in [4.78, 5) is 16.0. The van der Waals surface area contributed by atoms with Crippen molar-refractivity contribution in [1.82, 2.24) is 4.72 Å². The summed E-state index contributed by atoms with van der Waals surface area (Å²) >= 11 is 12.0. The number of sulfonamides is 1. The second-order valence-electron chi connectivity index (χ2n) is 8.14. The lowest BCUT2D eigenvalue weighted by Crippen LogP contribution is -2.40. The highest BCUT2D eigenvalue weighted by molar-refractivity contribution is 7.90. The number of rotatable bonds is 8. The van der Waals surface area contributed by atoms with Crippen LogP contribution in [-0.2, 0) is 14.8 Å². The van der Waals surface area contributed by atoms with Crippen molar-refractivity contribution in [2.24, 2.45) is 15.8 Å². The highest BCUT2D eigenvalue weighted by Crippen LogP contribution is 2.36. The number of nitrogens with zero attached hydrogens (tertiary/aromatic N) is 3. The smallest absolute Gasteiger partial charge is 0.263 e. The van der Waals surface area contributed by atoms with Crippen molar-refractivity contribution in [3.63, 3.8) is 0 Å². The second-order valence-corrected chi connectivity index (χ2v) is 10.7. The van der Waals surface area contributed by atoms with Gasteiger partial charge in [-0.05, 0) is 54.1 Å². The number of hydrogen-bond acceptors (Lipinski definition) is 7. The van der Waals surface area contributed by atoms with Gasteiger partial charge < -0.3 is 10.8 Å². The normalized spacial score (nSPS) is 16.8. The Morgan fingerprint density at radius 3 is 2.22 bits per heavy atom. The maximum absolute atomic E-state index is 13.2. The van der Waals surface area contributed by atoms with Crippen molar-refractivity contribution in [2.45, 2.75) is 23.4 Å². The Balaban J connectivity index is 1.79. The average molecular weight is 560 g/mol. The van der Waals surface area contributed by atoms with Crippen LogP contribution in [0.1, 0.15) is 18.0 Å². The number of carbonyl (C=O) groups is 1. The molecule has 1 amide bonds. The van der Waals surface area contributed by atoms with Gasteiger partial charge in [0.1, 0.15) is 5.71 Å². The molecule has 1 aliphatic rings. The van der Waals surface area contributed by atoms with Gasteiger partial charge in [-0.15, -0.1) is 0 Å². The lowest BCUT2D eigenvalue weighted by atomic mass is 10.0. The van der Waals surface area contributed by atoms with Gasteiger partial charge in [0.25, 0.3) is 10.0 Å². The van der Waals surface area contributed by atoms with Crippen molar-refractivity contribution >= 4 is 56.4 Å². The van der Waals surface area contributed by atoms with Gasteiger partial charge >= 0.3 is 0 Å². The second kappa shape index (κ2) is 11.3. The third kappa shape index (κ3) is 6.28. The number of nitrogens with one attached hydrogen (secondary N) is 1. The van der Waals surface area contributed by atoms with Crippen molar-refractivity contribution in [2.75, 3.05) is 11.6 Å². The summed E-state index contributed by atoms with van der Waals surface area (Å²) in [6, 6.07) is 20.4. The maximum atomic E-state index is 13.2. The van der Waals surface area contributed by atoms with Gasteiger partial charge in [-0.25, -0.2) is 8.42 Å². The number of primary amides is 1. The Hall–Kier alpha value is -3.44. The van der Waals surface area contributed by atoms with Crippen molar-refractivity contribution in [3.8, 4) is 0 Å². The fourth-order valence-corrected chi connectivity index (χ4v) is 5.02. The SMILES string of the molecule is NC(=O)[C@H](CO)N=C(NS(=O)(=O)c1ccc(Cl)cc1)C1=NN(c2ccc(Cl)cc2)C(c2ccccc2)C1. The molecule has 1 unspecified atom stereocenters. The zero-order valence-corrected chi connectivity index (χ0v) is 21.7. The molecule has 0 aromatic heterocycles. The van der Waals surface area contributed by atoms with E-state index in [1.54, 1.807) is 29.3 Å². The van der Waals surface area contributed by atoms with Gasteiger partial charge in [-0.1, -0.05) is 53.5 Å². The lowest BCUT2D eigenvalue weighted by molar-refractivity contribution is -0.119. The zero-order valence-electron chi connectivity index (χ0n) is 19.3. The lowest BCUT2D eigenvalue weighted by Gasteiger charge is -2.24. The maximum Gasteiger partial charge on any atom is 0.263 e. The number of halogens is 2. The van der Waals surface area contributed by atoms with E-state index in [1.807, 2.05) is 30.3 Å². The molecule has 0 saturated carbocycles. The number of anilines is 1. The fraction of sp³-hybridized carbons (Fsp3) is 0.160. The first-order valence-electron chi connectivity index (χ1n) is 11.1. The van der Waals surface area contributed by atoms with Gasteiger partial charge in [0, 0.05) is 16.5 Å². The van der Waals surface area contributed by atoms with Crippen LogP contribution in [0.4, 0.5) is 5.69 Å². The summed E-state index contributed by atoms with van der Waals surface area (Å²) in [7, 11) is -4.15. The minimum atomic E-state index is -4.15. The summed E-state index contributed by atoms with van der Waals surface area (Å²) in [5.74, 6) is -1.12. The van der Waals surface area contributed by atoms with E-state index < -0.39 is 28.6 Å². The molecule has 0 bridgehead atoms. The molecule has 2 atom stereocenters. The molecule has 1 heterocycles. The fourth-order valence-electron chi connectivity index (χ4n) is 3.73. The molecule has 0 spiro atoms. The average Bonchev–Trinajstić information content (AvgIpc) is 3.33. The molecule has 192 valence electrons. The molecule has 0 saturated heterocycles. The molecule has 12 heteroatoms. The van der Waals surface area contributed by atoms with Crippen LogP contribution in [0.25, 0.3) is 0 Å². The van der Waals surface area contributed by atoms with E-state index in [2.05, 4.69) is 14.8 Å². The Morgan fingerprint density at radius 2 is 1.65 bits per heavy atom. The third-order valence-corrected chi connectivity index (χ3v) is 7.46. The molecule has 3 aromatic carbocycles. The van der Waals surface area contributed by atoms with Crippen LogP contribution in [0.3, 0.4) is 0 Å². The van der Waals surface area contributed by atoms with Crippen LogP contribution in [0.2, 0.25) is 10.0 Å². The first-order chi connectivity index (χ1) is 17.7. The standard InChI is InChI=1S/C25H23Cl2N5O4S/c26-17-6-10-19(11-7-17)32-23(16-4-2-1-3-5-16)14-21(30-32)25(29-22(15-33)24(28)34)31-37(35,36)20-12-8-18(27)9-13-20/h1-13,22-23,33H,14-15H2,(H2,28,34)(H,29,31)/t22-,23?/m0/s1. The Labute approximate surface area is 224 Å².